The number of aliphatic imine (C=N–C) groups is 1. The minimum atomic E-state index is -0.551. The van der Waals surface area contributed by atoms with Crippen molar-refractivity contribution in [2.24, 2.45) is 16.3 Å². The monoisotopic (exact) mass is 621 g/mol. The third kappa shape index (κ3) is 8.33. The third-order valence-corrected chi connectivity index (χ3v) is 9.28. The maximum atomic E-state index is 13.6. The van der Waals surface area contributed by atoms with Crippen LogP contribution in [0.5, 0.6) is 11.5 Å². The summed E-state index contributed by atoms with van der Waals surface area (Å²) in [6.07, 6.45) is 16.2. The zero-order valence-corrected chi connectivity index (χ0v) is 26.9. The van der Waals surface area contributed by atoms with E-state index in [4.69, 9.17) is 9.47 Å². The van der Waals surface area contributed by atoms with Gasteiger partial charge < -0.3 is 19.9 Å². The van der Waals surface area contributed by atoms with Gasteiger partial charge in [0.25, 0.3) is 0 Å². The average Bonchev–Trinajstić information content (AvgIpc) is 3.48. The molecule has 0 saturated heterocycles. The number of phenolic OH excluding ortho intramolecular Hbond substituents is 1. The van der Waals surface area contributed by atoms with Gasteiger partial charge in [0.15, 0.2) is 11.5 Å². The number of phenols is 1. The first-order valence-electron chi connectivity index (χ1n) is 16.0. The smallest absolute Gasteiger partial charge is 0.302 e. The van der Waals surface area contributed by atoms with Gasteiger partial charge >= 0.3 is 5.97 Å². The van der Waals surface area contributed by atoms with Gasteiger partial charge in [0.1, 0.15) is 17.7 Å². The molecule has 2 aromatic rings. The molecule has 3 heterocycles. The van der Waals surface area contributed by atoms with Crippen LogP contribution in [0.3, 0.4) is 0 Å². The molecule has 2 bridgehead atoms. The molecule has 1 aliphatic carbocycles. The number of carbonyl (C=O) groups is 2. The molecular weight excluding hydrogens is 578 g/mol. The zero-order valence-electron chi connectivity index (χ0n) is 26.9. The largest absolute Gasteiger partial charge is 0.504 e. The first-order valence-corrected chi connectivity index (χ1v) is 16.0. The van der Waals surface area contributed by atoms with E-state index in [1.54, 1.807) is 18.2 Å². The van der Waals surface area contributed by atoms with Gasteiger partial charge in [-0.2, -0.15) is 0 Å². The maximum absolute atomic E-state index is 13.6. The number of aryl methyl sites for hydroxylation is 1. The predicted molar refractivity (Wildman–Crippen MR) is 180 cm³/mol. The molecular formula is C38H43N3O5. The van der Waals surface area contributed by atoms with Crippen LogP contribution in [0.25, 0.3) is 0 Å². The Kier molecular flexibility index (Phi) is 10.7. The maximum Gasteiger partial charge on any atom is 0.302 e. The van der Waals surface area contributed by atoms with Gasteiger partial charge in [0, 0.05) is 32.2 Å². The number of Topliss-reactive ketones (excluding diaryl/α,β-unsaturated/α-hetero) is 1. The average molecular weight is 622 g/mol. The number of fused-ring (bicyclic) bond motifs is 2. The number of nitrogens with one attached hydrogen (secondary N) is 1. The van der Waals surface area contributed by atoms with Crippen molar-refractivity contribution in [1.29, 1.82) is 0 Å². The zero-order chi connectivity index (χ0) is 32.5. The molecule has 240 valence electrons. The van der Waals surface area contributed by atoms with Crippen molar-refractivity contribution in [2.45, 2.75) is 70.8 Å². The van der Waals surface area contributed by atoms with Gasteiger partial charge in [-0.15, -0.1) is 0 Å². The van der Waals surface area contributed by atoms with E-state index in [1.807, 2.05) is 18.5 Å². The van der Waals surface area contributed by atoms with E-state index in [9.17, 15) is 14.7 Å². The number of rotatable bonds is 3. The Morgan fingerprint density at radius 3 is 2.83 bits per heavy atom. The van der Waals surface area contributed by atoms with Crippen LogP contribution in [0.4, 0.5) is 5.82 Å². The summed E-state index contributed by atoms with van der Waals surface area (Å²) < 4.78 is 11.1. The van der Waals surface area contributed by atoms with Crippen LogP contribution in [0, 0.1) is 23.2 Å². The number of allylic oxidation sites excluding steroid dienone is 5. The SMILES string of the molecule is COc1cc([C@@H]2C#CCNc3cc(ccn3)CCC3=C(C=NC3)C[C@]3(C=CC=C[C@@H]3C)CC[C@@H](OC(C)=O)CC(=O)C2)ccc1O. The minimum Gasteiger partial charge on any atom is -0.504 e. The van der Waals surface area contributed by atoms with E-state index in [-0.39, 0.29) is 35.7 Å². The molecule has 8 heteroatoms. The second kappa shape index (κ2) is 15.1. The van der Waals surface area contributed by atoms with Crippen molar-refractivity contribution in [3.63, 3.8) is 0 Å². The Bertz CT molecular complexity index is 1630. The molecule has 46 heavy (non-hydrogen) atoms. The number of pyridine rings is 1. The standard InChI is InChI=1S/C38H43N3O5/c1-26-7-4-5-15-38(26)16-13-34(46-27(2)42)22-33(43)20-29(30-11-12-35(44)36(21-30)45-3)8-6-17-40-37-19-28(14-18-41-37)9-10-31-24-39-25-32(31)23-38/h4-5,7,11-12,14-15,18-19,21,25-26,29,34,44H,9-10,13,16-17,20,22-24H2,1-3H3,(H,40,41)/t26-,29+,34+,38-/m0/s1. The van der Waals surface area contributed by atoms with Crippen molar-refractivity contribution in [1.82, 2.24) is 4.98 Å². The number of aromatic hydroxyl groups is 1. The van der Waals surface area contributed by atoms with Crippen LogP contribution in [-0.2, 0) is 20.7 Å². The fourth-order valence-corrected chi connectivity index (χ4v) is 6.59. The van der Waals surface area contributed by atoms with Gasteiger partial charge in [-0.1, -0.05) is 49.1 Å². The van der Waals surface area contributed by atoms with Crippen LogP contribution >= 0.6 is 0 Å². The fourth-order valence-electron chi connectivity index (χ4n) is 6.59. The van der Waals surface area contributed by atoms with Crippen LogP contribution in [-0.4, -0.2) is 54.4 Å². The molecule has 0 fully saturated rings. The van der Waals surface area contributed by atoms with Gasteiger partial charge in [0.05, 0.1) is 26.1 Å². The topological polar surface area (TPSA) is 110 Å². The highest BCUT2D eigenvalue weighted by Crippen LogP contribution is 2.45. The number of anilines is 1. The summed E-state index contributed by atoms with van der Waals surface area (Å²) in [6, 6.07) is 9.14. The molecule has 1 aromatic heterocycles. The number of esters is 1. The van der Waals surface area contributed by atoms with E-state index in [2.05, 4.69) is 64.4 Å². The number of methoxy groups -OCH3 is 1. The molecule has 0 saturated carbocycles. The summed E-state index contributed by atoms with van der Waals surface area (Å²) in [5.41, 5.74) is 4.38. The van der Waals surface area contributed by atoms with E-state index in [0.29, 0.717) is 25.3 Å². The van der Waals surface area contributed by atoms with E-state index in [1.165, 1.54) is 30.7 Å². The summed E-state index contributed by atoms with van der Waals surface area (Å²) >= 11 is 0. The van der Waals surface area contributed by atoms with Gasteiger partial charge in [0.2, 0.25) is 0 Å². The lowest BCUT2D eigenvalue weighted by Crippen LogP contribution is -2.31. The lowest BCUT2D eigenvalue weighted by atomic mass is 9.66. The third-order valence-electron chi connectivity index (χ3n) is 9.28. The van der Waals surface area contributed by atoms with Crippen molar-refractivity contribution >= 4 is 23.8 Å². The summed E-state index contributed by atoms with van der Waals surface area (Å²) in [7, 11) is 1.49. The summed E-state index contributed by atoms with van der Waals surface area (Å²) in [6.45, 7) is 4.68. The van der Waals surface area contributed by atoms with Crippen molar-refractivity contribution in [3.05, 3.63) is 83.1 Å². The molecule has 1 aromatic carbocycles. The summed E-state index contributed by atoms with van der Waals surface area (Å²) in [5.74, 6) is 6.86. The highest BCUT2D eigenvalue weighted by Gasteiger charge is 2.36. The second-order valence-electron chi connectivity index (χ2n) is 12.5. The van der Waals surface area contributed by atoms with E-state index in [0.717, 1.165) is 37.1 Å². The Morgan fingerprint density at radius 2 is 2.02 bits per heavy atom. The molecule has 3 aliphatic rings. The molecule has 0 unspecified atom stereocenters. The minimum absolute atomic E-state index is 0.0153. The predicted octanol–water partition coefficient (Wildman–Crippen LogP) is 6.52. The molecule has 1 spiro atoms. The first kappa shape index (κ1) is 32.7. The number of hydrogen-bond acceptors (Lipinski definition) is 8. The number of nitrogens with zero attached hydrogens (tertiary/aromatic N) is 2. The van der Waals surface area contributed by atoms with E-state index >= 15 is 0 Å². The number of carbonyl (C=O) groups excluding carboxylic acids is 2. The molecule has 0 amide bonds. The summed E-state index contributed by atoms with van der Waals surface area (Å²) in [4.78, 5) is 35.0. The number of hydrogen-bond donors (Lipinski definition) is 2. The Labute approximate surface area is 271 Å². The second-order valence-corrected chi connectivity index (χ2v) is 12.5. The van der Waals surface area contributed by atoms with Crippen molar-refractivity contribution < 1.29 is 24.2 Å². The highest BCUT2D eigenvalue weighted by molar-refractivity contribution is 5.83. The highest BCUT2D eigenvalue weighted by atomic mass is 16.5. The lowest BCUT2D eigenvalue weighted by Gasteiger charge is -2.38. The van der Waals surface area contributed by atoms with E-state index < -0.39 is 18.0 Å². The number of benzene rings is 1. The normalized spacial score (nSPS) is 25.3. The van der Waals surface area contributed by atoms with Gasteiger partial charge in [-0.3, -0.25) is 14.6 Å². The van der Waals surface area contributed by atoms with Crippen molar-refractivity contribution in [2.75, 3.05) is 25.5 Å². The molecule has 0 radical (unpaired) electrons. The molecule has 2 N–H and O–H groups in total. The first-order chi connectivity index (χ1) is 22.2. The molecule has 8 nitrogen and oxygen atoms in total. The Hall–Kier alpha value is -4.64. The number of aromatic nitrogens is 1. The van der Waals surface area contributed by atoms with Crippen molar-refractivity contribution in [3.8, 4) is 23.3 Å². The molecule has 5 rings (SSSR count). The number of ether oxygens (including phenoxy) is 2. The quantitative estimate of drug-likeness (QED) is 0.297. The summed E-state index contributed by atoms with van der Waals surface area (Å²) in [5, 5.41) is 13.5. The molecule has 2 aliphatic heterocycles. The van der Waals surface area contributed by atoms with Crippen LogP contribution < -0.4 is 10.1 Å². The van der Waals surface area contributed by atoms with Crippen LogP contribution in [0.15, 0.2) is 77.0 Å². The fraction of sp³-hybridized carbons (Fsp3) is 0.421. The Balaban J connectivity index is 1.48. The number of ketones is 1. The van der Waals surface area contributed by atoms with Gasteiger partial charge in [-0.05, 0) is 90.0 Å². The van der Waals surface area contributed by atoms with Crippen LogP contribution in [0.1, 0.15) is 69.4 Å². The Morgan fingerprint density at radius 1 is 1.15 bits per heavy atom. The lowest BCUT2D eigenvalue weighted by molar-refractivity contribution is -0.148. The van der Waals surface area contributed by atoms with Gasteiger partial charge in [-0.25, -0.2) is 4.98 Å². The molecule has 4 atom stereocenters. The van der Waals surface area contributed by atoms with Crippen LogP contribution in [0.2, 0.25) is 0 Å².